The molecular formula is C16H18BN3O3. The zero-order chi connectivity index (χ0) is 16.2. The summed E-state index contributed by atoms with van der Waals surface area (Å²) in [4.78, 5) is 11.6. The quantitative estimate of drug-likeness (QED) is 0.736. The molecule has 1 saturated heterocycles. The predicted molar refractivity (Wildman–Crippen MR) is 87.3 cm³/mol. The van der Waals surface area contributed by atoms with Gasteiger partial charge in [0.2, 0.25) is 0 Å². The first kappa shape index (κ1) is 14.5. The van der Waals surface area contributed by atoms with Gasteiger partial charge in [0.05, 0.1) is 23.1 Å². The summed E-state index contributed by atoms with van der Waals surface area (Å²) in [7, 11) is -0.427. The van der Waals surface area contributed by atoms with E-state index in [0.717, 1.165) is 22.2 Å². The van der Waals surface area contributed by atoms with Crippen LogP contribution in [-0.2, 0) is 9.31 Å². The van der Waals surface area contributed by atoms with Crippen molar-refractivity contribution in [2.75, 3.05) is 0 Å². The molecule has 0 spiro atoms. The maximum absolute atomic E-state index is 6.16. The molecule has 1 N–H and O–H groups in total. The summed E-state index contributed by atoms with van der Waals surface area (Å²) in [5.74, 6) is 0.669. The van der Waals surface area contributed by atoms with E-state index in [9.17, 15) is 0 Å². The van der Waals surface area contributed by atoms with Crippen molar-refractivity contribution < 1.29 is 13.7 Å². The van der Waals surface area contributed by atoms with Crippen molar-refractivity contribution in [1.29, 1.82) is 0 Å². The largest absolute Gasteiger partial charge is 0.495 e. The highest BCUT2D eigenvalue weighted by Crippen LogP contribution is 2.37. The Morgan fingerprint density at radius 1 is 1.13 bits per heavy atom. The van der Waals surface area contributed by atoms with Crippen LogP contribution in [0.1, 0.15) is 27.7 Å². The number of aromatic amines is 1. The number of rotatable bonds is 2. The Labute approximate surface area is 134 Å². The minimum absolute atomic E-state index is 0.378. The Morgan fingerprint density at radius 2 is 1.87 bits per heavy atom. The first-order valence-corrected chi connectivity index (χ1v) is 7.59. The van der Waals surface area contributed by atoms with E-state index in [0.29, 0.717) is 5.76 Å². The molecule has 0 radical (unpaired) electrons. The molecular weight excluding hydrogens is 293 g/mol. The molecule has 0 unspecified atom stereocenters. The van der Waals surface area contributed by atoms with Gasteiger partial charge in [0, 0.05) is 11.6 Å². The van der Waals surface area contributed by atoms with Gasteiger partial charge in [-0.1, -0.05) is 0 Å². The van der Waals surface area contributed by atoms with Gasteiger partial charge in [-0.15, -0.1) is 0 Å². The fraction of sp³-hybridized carbons (Fsp3) is 0.375. The third-order valence-corrected chi connectivity index (χ3v) is 4.77. The molecule has 6 nitrogen and oxygen atoms in total. The van der Waals surface area contributed by atoms with Crippen LogP contribution in [0.15, 0.2) is 35.3 Å². The monoisotopic (exact) mass is 311 g/mol. The predicted octanol–water partition coefficient (Wildman–Crippen LogP) is 2.52. The van der Waals surface area contributed by atoms with Crippen LogP contribution in [0.5, 0.6) is 0 Å². The van der Waals surface area contributed by atoms with Crippen molar-refractivity contribution in [1.82, 2.24) is 15.0 Å². The standard InChI is InChI=1S/C16H18BN3O3/c1-15(2)16(3,4)23-17(22-15)11-5-6-19-14-10(11)7-12(20-14)13-8-18-9-21-13/h5-9H,1-4H3,(H,19,20). The molecule has 1 fully saturated rings. The SMILES string of the molecule is CC1(C)OB(c2ccnc3[nH]c(-c4cnco4)cc23)OC1(C)C. The first-order chi connectivity index (χ1) is 10.9. The molecule has 4 heterocycles. The maximum atomic E-state index is 6.16. The van der Waals surface area contributed by atoms with Gasteiger partial charge in [0.15, 0.2) is 12.2 Å². The Kier molecular flexibility index (Phi) is 2.95. The van der Waals surface area contributed by atoms with Crippen LogP contribution in [-0.4, -0.2) is 33.3 Å². The zero-order valence-corrected chi connectivity index (χ0v) is 13.6. The van der Waals surface area contributed by atoms with Crippen molar-refractivity contribution in [3.63, 3.8) is 0 Å². The smallest absolute Gasteiger partial charge is 0.442 e. The molecule has 3 aromatic rings. The van der Waals surface area contributed by atoms with Gasteiger partial charge in [0.1, 0.15) is 5.65 Å². The minimum atomic E-state index is -0.427. The number of pyridine rings is 1. The average Bonchev–Trinajstić information content (AvgIpc) is 3.17. The topological polar surface area (TPSA) is 73.2 Å². The van der Waals surface area contributed by atoms with E-state index in [4.69, 9.17) is 13.7 Å². The van der Waals surface area contributed by atoms with Crippen LogP contribution < -0.4 is 5.46 Å². The van der Waals surface area contributed by atoms with Crippen LogP contribution in [0.3, 0.4) is 0 Å². The molecule has 0 bridgehead atoms. The third-order valence-electron chi connectivity index (χ3n) is 4.77. The van der Waals surface area contributed by atoms with Crippen LogP contribution in [0.25, 0.3) is 22.5 Å². The maximum Gasteiger partial charge on any atom is 0.495 e. The fourth-order valence-corrected chi connectivity index (χ4v) is 2.70. The normalized spacial score (nSPS) is 19.6. The molecule has 1 aliphatic rings. The summed E-state index contributed by atoms with van der Waals surface area (Å²) >= 11 is 0. The van der Waals surface area contributed by atoms with E-state index in [1.807, 2.05) is 39.8 Å². The number of nitrogens with zero attached hydrogens (tertiary/aromatic N) is 2. The highest BCUT2D eigenvalue weighted by molar-refractivity contribution is 6.65. The molecule has 0 atom stereocenters. The molecule has 4 rings (SSSR count). The molecule has 0 aromatic carbocycles. The second-order valence-corrected chi connectivity index (χ2v) is 6.80. The Hall–Kier alpha value is -2.12. The van der Waals surface area contributed by atoms with E-state index in [2.05, 4.69) is 15.0 Å². The van der Waals surface area contributed by atoms with E-state index < -0.39 is 7.12 Å². The van der Waals surface area contributed by atoms with Gasteiger partial charge in [-0.05, 0) is 45.3 Å². The Morgan fingerprint density at radius 3 is 2.52 bits per heavy atom. The van der Waals surface area contributed by atoms with E-state index in [-0.39, 0.29) is 11.2 Å². The number of aromatic nitrogens is 3. The third kappa shape index (κ3) is 2.19. The summed E-state index contributed by atoms with van der Waals surface area (Å²) in [6.45, 7) is 8.18. The highest BCUT2D eigenvalue weighted by atomic mass is 16.7. The number of hydrogen-bond acceptors (Lipinski definition) is 5. The lowest BCUT2D eigenvalue weighted by atomic mass is 9.78. The lowest BCUT2D eigenvalue weighted by Crippen LogP contribution is -2.41. The van der Waals surface area contributed by atoms with Gasteiger partial charge >= 0.3 is 7.12 Å². The Bertz CT molecular complexity index is 839. The fourth-order valence-electron chi connectivity index (χ4n) is 2.70. The van der Waals surface area contributed by atoms with Gasteiger partial charge < -0.3 is 18.7 Å². The van der Waals surface area contributed by atoms with Crippen LogP contribution >= 0.6 is 0 Å². The second kappa shape index (κ2) is 4.69. The first-order valence-electron chi connectivity index (χ1n) is 7.59. The lowest BCUT2D eigenvalue weighted by molar-refractivity contribution is 0.00578. The molecule has 0 amide bonds. The molecule has 23 heavy (non-hydrogen) atoms. The van der Waals surface area contributed by atoms with Crippen molar-refractivity contribution in [2.45, 2.75) is 38.9 Å². The highest BCUT2D eigenvalue weighted by Gasteiger charge is 2.52. The van der Waals surface area contributed by atoms with Gasteiger partial charge in [0.25, 0.3) is 0 Å². The number of H-pyrrole nitrogens is 1. The molecule has 118 valence electrons. The molecule has 1 aliphatic heterocycles. The van der Waals surface area contributed by atoms with E-state index >= 15 is 0 Å². The van der Waals surface area contributed by atoms with Crippen LogP contribution in [0.2, 0.25) is 0 Å². The zero-order valence-electron chi connectivity index (χ0n) is 13.6. The van der Waals surface area contributed by atoms with Gasteiger partial charge in [-0.3, -0.25) is 0 Å². The summed E-state index contributed by atoms with van der Waals surface area (Å²) in [5, 5.41) is 0.956. The molecule has 7 heteroatoms. The summed E-state index contributed by atoms with van der Waals surface area (Å²) in [6.07, 6.45) is 4.83. The van der Waals surface area contributed by atoms with Crippen LogP contribution in [0, 0.1) is 0 Å². The number of oxazole rings is 1. The summed E-state index contributed by atoms with van der Waals surface area (Å²) < 4.78 is 17.7. The number of hydrogen-bond donors (Lipinski definition) is 1. The molecule has 3 aromatic heterocycles. The van der Waals surface area contributed by atoms with Crippen molar-refractivity contribution >= 4 is 23.6 Å². The lowest BCUT2D eigenvalue weighted by Gasteiger charge is -2.32. The number of nitrogens with one attached hydrogen (secondary N) is 1. The summed E-state index contributed by atoms with van der Waals surface area (Å²) in [6, 6.07) is 3.92. The van der Waals surface area contributed by atoms with E-state index in [1.165, 1.54) is 6.39 Å². The van der Waals surface area contributed by atoms with Crippen molar-refractivity contribution in [3.05, 3.63) is 30.9 Å². The molecule has 0 saturated carbocycles. The molecule has 0 aliphatic carbocycles. The number of fused-ring (bicyclic) bond motifs is 1. The van der Waals surface area contributed by atoms with Gasteiger partial charge in [-0.2, -0.15) is 0 Å². The summed E-state index contributed by atoms with van der Waals surface area (Å²) in [5.41, 5.74) is 1.79. The van der Waals surface area contributed by atoms with Crippen LogP contribution in [0.4, 0.5) is 0 Å². The average molecular weight is 311 g/mol. The van der Waals surface area contributed by atoms with Crippen molar-refractivity contribution in [3.8, 4) is 11.5 Å². The van der Waals surface area contributed by atoms with Gasteiger partial charge in [-0.25, -0.2) is 9.97 Å². The Balaban J connectivity index is 1.80. The van der Waals surface area contributed by atoms with Crippen molar-refractivity contribution in [2.24, 2.45) is 0 Å². The van der Waals surface area contributed by atoms with E-state index in [1.54, 1.807) is 12.4 Å². The minimum Gasteiger partial charge on any atom is -0.442 e. The second-order valence-electron chi connectivity index (χ2n) is 6.80.